The number of para-hydroxylation sites is 1. The van der Waals surface area contributed by atoms with Gasteiger partial charge in [-0.05, 0) is 54.7 Å². The summed E-state index contributed by atoms with van der Waals surface area (Å²) in [5, 5.41) is 11.5. The maximum atomic E-state index is 12.8. The van der Waals surface area contributed by atoms with Crippen molar-refractivity contribution in [2.45, 2.75) is 0 Å². The van der Waals surface area contributed by atoms with Gasteiger partial charge < -0.3 is 9.67 Å². The molecule has 4 rings (SSSR count). The third-order valence-electron chi connectivity index (χ3n) is 4.40. The second-order valence-corrected chi connectivity index (χ2v) is 7.87. The first-order chi connectivity index (χ1) is 13.4. The number of carbonyl (C=O) groups is 2. The van der Waals surface area contributed by atoms with Crippen LogP contribution in [0, 0.1) is 0 Å². The van der Waals surface area contributed by atoms with Gasteiger partial charge >= 0.3 is 0 Å². The maximum absolute atomic E-state index is 12.8. The number of hydrogen-bond donors (Lipinski definition) is 2. The first-order valence-electron chi connectivity index (χ1n) is 8.36. The van der Waals surface area contributed by atoms with Crippen LogP contribution in [-0.4, -0.2) is 30.8 Å². The molecule has 0 radical (unpaired) electrons. The summed E-state index contributed by atoms with van der Waals surface area (Å²) in [6, 6.07) is 15.7. The van der Waals surface area contributed by atoms with Crippen LogP contribution in [-0.2, 0) is 11.8 Å². The number of hydrazine groups is 1. The monoisotopic (exact) mass is 409 g/mol. The van der Waals surface area contributed by atoms with E-state index in [4.69, 9.17) is 12.2 Å². The number of benzene rings is 2. The van der Waals surface area contributed by atoms with Gasteiger partial charge in [-0.25, -0.2) is 0 Å². The van der Waals surface area contributed by atoms with Crippen molar-refractivity contribution in [3.63, 3.8) is 0 Å². The molecule has 2 heterocycles. The third-order valence-corrected chi connectivity index (χ3v) is 5.71. The summed E-state index contributed by atoms with van der Waals surface area (Å²) in [6.07, 6.45) is 1.77. The molecule has 0 unspecified atom stereocenters. The number of aromatic hydroxyl groups is 1. The number of nitrogens with one attached hydrogen (secondary N) is 1. The summed E-state index contributed by atoms with van der Waals surface area (Å²) in [5.74, 6) is -0.811. The molecular formula is C20H15N3O3S2. The summed E-state index contributed by atoms with van der Waals surface area (Å²) in [7, 11) is 1.93. The molecule has 0 saturated carbocycles. The Morgan fingerprint density at radius 1 is 1.18 bits per heavy atom. The molecular weight excluding hydrogens is 394 g/mol. The van der Waals surface area contributed by atoms with E-state index in [1.807, 2.05) is 41.9 Å². The Morgan fingerprint density at radius 2 is 1.89 bits per heavy atom. The molecule has 3 aromatic rings. The lowest BCUT2D eigenvalue weighted by atomic mass is 10.2. The summed E-state index contributed by atoms with van der Waals surface area (Å²) in [6.45, 7) is 0. The average Bonchev–Trinajstić information content (AvgIpc) is 3.14. The zero-order chi connectivity index (χ0) is 19.8. The smallest absolute Gasteiger partial charge is 0.285 e. The number of carbonyl (C=O) groups excluding carboxylic acids is 2. The zero-order valence-corrected chi connectivity index (χ0v) is 16.4. The Labute approximate surface area is 170 Å². The number of amides is 2. The van der Waals surface area contributed by atoms with E-state index in [0.29, 0.717) is 10.5 Å². The van der Waals surface area contributed by atoms with Crippen molar-refractivity contribution in [1.82, 2.24) is 15.0 Å². The molecule has 1 aromatic heterocycles. The highest BCUT2D eigenvalue weighted by molar-refractivity contribution is 8.26. The highest BCUT2D eigenvalue weighted by Crippen LogP contribution is 2.32. The van der Waals surface area contributed by atoms with Gasteiger partial charge in [0.05, 0.1) is 4.91 Å². The van der Waals surface area contributed by atoms with Gasteiger partial charge in [0.1, 0.15) is 5.75 Å². The first kappa shape index (κ1) is 18.3. The fourth-order valence-corrected chi connectivity index (χ4v) is 4.09. The molecule has 1 fully saturated rings. The van der Waals surface area contributed by atoms with E-state index < -0.39 is 5.91 Å². The lowest BCUT2D eigenvalue weighted by molar-refractivity contribution is -0.123. The number of fused-ring (bicyclic) bond motifs is 1. The highest BCUT2D eigenvalue weighted by Gasteiger charge is 2.34. The van der Waals surface area contributed by atoms with Crippen LogP contribution in [0.25, 0.3) is 17.0 Å². The molecule has 28 heavy (non-hydrogen) atoms. The van der Waals surface area contributed by atoms with Gasteiger partial charge in [-0.2, -0.15) is 5.01 Å². The largest absolute Gasteiger partial charge is 0.508 e. The fraction of sp³-hybridized carbons (Fsp3) is 0.0500. The number of nitrogens with zero attached hydrogens (tertiary/aromatic N) is 2. The van der Waals surface area contributed by atoms with Crippen LogP contribution in [0.1, 0.15) is 16.1 Å². The SMILES string of the molecule is Cn1c(C=C2SC(=S)N(NC(=O)c3ccc(O)cc3)C2=O)cc2ccccc21. The minimum Gasteiger partial charge on any atom is -0.508 e. The molecule has 2 N–H and O–H groups in total. The van der Waals surface area contributed by atoms with E-state index in [-0.39, 0.29) is 16.0 Å². The van der Waals surface area contributed by atoms with Crippen molar-refractivity contribution in [3.05, 3.63) is 70.8 Å². The van der Waals surface area contributed by atoms with Gasteiger partial charge in [-0.3, -0.25) is 15.0 Å². The van der Waals surface area contributed by atoms with Crippen LogP contribution in [0.4, 0.5) is 0 Å². The second kappa shape index (κ2) is 7.14. The van der Waals surface area contributed by atoms with E-state index in [9.17, 15) is 14.7 Å². The van der Waals surface area contributed by atoms with Crippen molar-refractivity contribution in [3.8, 4) is 5.75 Å². The molecule has 2 aromatic carbocycles. The lowest BCUT2D eigenvalue weighted by Gasteiger charge is -2.15. The summed E-state index contributed by atoms with van der Waals surface area (Å²) in [5.41, 5.74) is 4.76. The van der Waals surface area contributed by atoms with Crippen LogP contribution in [0.3, 0.4) is 0 Å². The Bertz CT molecular complexity index is 1150. The quantitative estimate of drug-likeness (QED) is 0.512. The number of hydrogen-bond acceptors (Lipinski definition) is 5. The van der Waals surface area contributed by atoms with Crippen LogP contribution in [0.5, 0.6) is 5.75 Å². The van der Waals surface area contributed by atoms with E-state index in [2.05, 4.69) is 5.43 Å². The predicted octanol–water partition coefficient (Wildman–Crippen LogP) is 3.43. The second-order valence-electron chi connectivity index (χ2n) is 6.19. The Balaban J connectivity index is 1.58. The summed E-state index contributed by atoms with van der Waals surface area (Å²) in [4.78, 5) is 25.5. The molecule has 0 spiro atoms. The molecule has 0 atom stereocenters. The molecule has 1 saturated heterocycles. The summed E-state index contributed by atoms with van der Waals surface area (Å²) < 4.78 is 2.25. The fourth-order valence-electron chi connectivity index (χ4n) is 2.93. The number of rotatable bonds is 3. The van der Waals surface area contributed by atoms with Gasteiger partial charge in [0.2, 0.25) is 0 Å². The third kappa shape index (κ3) is 3.28. The van der Waals surface area contributed by atoms with Crippen molar-refractivity contribution in [1.29, 1.82) is 0 Å². The molecule has 1 aliphatic rings. The van der Waals surface area contributed by atoms with E-state index in [1.54, 1.807) is 6.08 Å². The molecule has 1 aliphatic heterocycles. The van der Waals surface area contributed by atoms with Crippen molar-refractivity contribution in [2.75, 3.05) is 0 Å². The molecule has 140 valence electrons. The lowest BCUT2D eigenvalue weighted by Crippen LogP contribution is -2.44. The number of phenolic OH excluding ortho intramolecular Hbond substituents is 1. The number of thiocarbonyl (C=S) groups is 1. The molecule has 2 amide bonds. The summed E-state index contributed by atoms with van der Waals surface area (Å²) >= 11 is 6.40. The molecule has 0 aliphatic carbocycles. The minimum atomic E-state index is -0.484. The van der Waals surface area contributed by atoms with E-state index in [0.717, 1.165) is 33.4 Å². The standard InChI is InChI=1S/C20H15N3O3S2/c1-22-14(10-13-4-2-3-5-16(13)22)11-17-19(26)23(20(27)28-17)21-18(25)12-6-8-15(24)9-7-12/h2-11,24H,1H3,(H,21,25). The van der Waals surface area contributed by atoms with Crippen molar-refractivity contribution >= 4 is 57.1 Å². The van der Waals surface area contributed by atoms with Gasteiger partial charge in [-0.1, -0.05) is 30.0 Å². The number of aromatic nitrogens is 1. The van der Waals surface area contributed by atoms with E-state index >= 15 is 0 Å². The zero-order valence-electron chi connectivity index (χ0n) is 14.7. The number of thioether (sulfide) groups is 1. The van der Waals surface area contributed by atoms with Gasteiger partial charge in [0.15, 0.2) is 4.32 Å². The van der Waals surface area contributed by atoms with Gasteiger partial charge in [-0.15, -0.1) is 0 Å². The van der Waals surface area contributed by atoms with Crippen LogP contribution < -0.4 is 5.43 Å². The predicted molar refractivity (Wildman–Crippen MR) is 114 cm³/mol. The first-order valence-corrected chi connectivity index (χ1v) is 9.59. The van der Waals surface area contributed by atoms with Crippen LogP contribution in [0.15, 0.2) is 59.5 Å². The topological polar surface area (TPSA) is 74.6 Å². The Kier molecular flexibility index (Phi) is 4.66. The minimum absolute atomic E-state index is 0.0556. The molecule has 0 bridgehead atoms. The number of aryl methyl sites for hydroxylation is 1. The normalized spacial score (nSPS) is 15.6. The molecule has 6 nitrogen and oxygen atoms in total. The van der Waals surface area contributed by atoms with Gasteiger partial charge in [0.25, 0.3) is 11.8 Å². The van der Waals surface area contributed by atoms with Gasteiger partial charge in [0, 0.05) is 29.2 Å². The van der Waals surface area contributed by atoms with Crippen LogP contribution in [0.2, 0.25) is 0 Å². The van der Waals surface area contributed by atoms with E-state index in [1.165, 1.54) is 24.3 Å². The van der Waals surface area contributed by atoms with Crippen molar-refractivity contribution < 1.29 is 14.7 Å². The Hall–Kier alpha value is -3.10. The average molecular weight is 409 g/mol. The number of phenols is 1. The Morgan fingerprint density at radius 3 is 2.61 bits per heavy atom. The molecule has 8 heteroatoms. The van der Waals surface area contributed by atoms with Crippen molar-refractivity contribution in [2.24, 2.45) is 7.05 Å². The highest BCUT2D eigenvalue weighted by atomic mass is 32.2. The maximum Gasteiger partial charge on any atom is 0.285 e. The van der Waals surface area contributed by atoms with Crippen LogP contribution >= 0.6 is 24.0 Å².